The van der Waals surface area contributed by atoms with Gasteiger partial charge < -0.3 is 5.73 Å². The van der Waals surface area contributed by atoms with E-state index in [2.05, 4.69) is 26.3 Å². The Bertz CT molecular complexity index is 1190. The normalized spacial score (nSPS) is 13.8. The Balaban J connectivity index is 1.71. The highest BCUT2D eigenvalue weighted by atomic mass is 32.2. The molecule has 29 heavy (non-hydrogen) atoms. The molecule has 3 aromatic rings. The van der Waals surface area contributed by atoms with E-state index in [-0.39, 0.29) is 11.1 Å². The topological polar surface area (TPSA) is 111 Å². The van der Waals surface area contributed by atoms with Crippen molar-refractivity contribution in [3.63, 3.8) is 0 Å². The minimum Gasteiger partial charge on any atom is -0.382 e. The summed E-state index contributed by atoms with van der Waals surface area (Å²) in [6.07, 6.45) is 6.36. The Morgan fingerprint density at radius 2 is 2.03 bits per heavy atom. The molecule has 0 saturated heterocycles. The van der Waals surface area contributed by atoms with E-state index in [0.29, 0.717) is 35.5 Å². The summed E-state index contributed by atoms with van der Waals surface area (Å²) in [5.74, 6) is 0.269. The van der Waals surface area contributed by atoms with Crippen LogP contribution < -0.4 is 10.5 Å². The van der Waals surface area contributed by atoms with Crippen LogP contribution in [0.4, 0.5) is 11.5 Å². The quantitative estimate of drug-likeness (QED) is 0.648. The zero-order chi connectivity index (χ0) is 20.6. The molecule has 0 spiro atoms. The molecule has 7 nitrogen and oxygen atoms in total. The summed E-state index contributed by atoms with van der Waals surface area (Å²) in [4.78, 5) is 13.1. The molecule has 0 amide bonds. The Morgan fingerprint density at radius 3 is 2.72 bits per heavy atom. The third-order valence-corrected chi connectivity index (χ3v) is 6.70. The van der Waals surface area contributed by atoms with Crippen LogP contribution in [0, 0.1) is 6.92 Å². The predicted octanol–water partition coefficient (Wildman–Crippen LogP) is 3.39. The fraction of sp³-hybridized carbons (Fsp3) is 0.190. The maximum absolute atomic E-state index is 12.3. The van der Waals surface area contributed by atoms with E-state index < -0.39 is 10.0 Å². The minimum atomic E-state index is -3.34. The van der Waals surface area contributed by atoms with Gasteiger partial charge in [-0.3, -0.25) is 9.71 Å². The van der Waals surface area contributed by atoms with Gasteiger partial charge in [0.1, 0.15) is 11.5 Å². The number of aromatic nitrogens is 3. The van der Waals surface area contributed by atoms with Crippen molar-refractivity contribution in [3.05, 3.63) is 72.3 Å². The number of benzene rings is 1. The van der Waals surface area contributed by atoms with E-state index in [4.69, 9.17) is 5.73 Å². The first-order valence-electron chi connectivity index (χ1n) is 9.20. The van der Waals surface area contributed by atoms with Crippen LogP contribution in [0.25, 0.3) is 16.8 Å². The average molecular weight is 407 g/mol. The average Bonchev–Trinajstić information content (AvgIpc) is 3.56. The number of sulfonamides is 1. The lowest BCUT2D eigenvalue weighted by atomic mass is 10.0. The first-order valence-corrected chi connectivity index (χ1v) is 10.7. The minimum absolute atomic E-state index is 0.269. The second kappa shape index (κ2) is 7.29. The molecule has 2 aromatic heterocycles. The fourth-order valence-electron chi connectivity index (χ4n) is 3.02. The molecule has 148 valence electrons. The van der Waals surface area contributed by atoms with E-state index >= 15 is 0 Å². The van der Waals surface area contributed by atoms with Gasteiger partial charge in [0.25, 0.3) is 0 Å². The SMILES string of the molecule is C=C(c1cccnc1)c1nc(-c2cc(NS(=O)(=O)C3CC3)ccc2C)cnc1N. The van der Waals surface area contributed by atoms with Crippen molar-refractivity contribution >= 4 is 27.1 Å². The summed E-state index contributed by atoms with van der Waals surface area (Å²) in [7, 11) is -3.34. The summed E-state index contributed by atoms with van der Waals surface area (Å²) >= 11 is 0. The van der Waals surface area contributed by atoms with Crippen molar-refractivity contribution in [1.82, 2.24) is 15.0 Å². The third-order valence-electron chi connectivity index (χ3n) is 4.83. The summed E-state index contributed by atoms with van der Waals surface area (Å²) in [5.41, 5.74) is 10.7. The van der Waals surface area contributed by atoms with Crippen molar-refractivity contribution < 1.29 is 8.42 Å². The Hall–Kier alpha value is -3.26. The molecule has 0 radical (unpaired) electrons. The number of aryl methyl sites for hydroxylation is 1. The largest absolute Gasteiger partial charge is 0.382 e. The Labute approximate surface area is 169 Å². The standard InChI is InChI=1S/C21H21N5O2S/c1-13-5-6-16(26-29(27,28)17-7-8-17)10-18(13)19-12-24-21(22)20(25-19)14(2)15-4-3-9-23-11-15/h3-6,9-12,17,26H,2,7-8H2,1H3,(H2,22,24). The second-order valence-corrected chi connectivity index (χ2v) is 9.05. The first kappa shape index (κ1) is 19.1. The van der Waals surface area contributed by atoms with Crippen molar-refractivity contribution in [3.8, 4) is 11.3 Å². The zero-order valence-corrected chi connectivity index (χ0v) is 16.8. The highest BCUT2D eigenvalue weighted by Gasteiger charge is 2.35. The van der Waals surface area contributed by atoms with Gasteiger partial charge in [0.05, 0.1) is 17.1 Å². The molecule has 0 aliphatic heterocycles. The molecule has 1 aliphatic carbocycles. The van der Waals surface area contributed by atoms with Crippen molar-refractivity contribution in [2.75, 3.05) is 10.5 Å². The van der Waals surface area contributed by atoms with Crippen LogP contribution >= 0.6 is 0 Å². The first-order chi connectivity index (χ1) is 13.8. The lowest BCUT2D eigenvalue weighted by Crippen LogP contribution is -2.17. The molecule has 1 aromatic carbocycles. The molecule has 1 saturated carbocycles. The van der Waals surface area contributed by atoms with Crippen molar-refractivity contribution in [1.29, 1.82) is 0 Å². The highest BCUT2D eigenvalue weighted by molar-refractivity contribution is 7.93. The van der Waals surface area contributed by atoms with Gasteiger partial charge >= 0.3 is 0 Å². The van der Waals surface area contributed by atoms with E-state index in [1.54, 1.807) is 30.7 Å². The van der Waals surface area contributed by atoms with Gasteiger partial charge in [-0.2, -0.15) is 0 Å². The van der Waals surface area contributed by atoms with Crippen LogP contribution in [0.15, 0.2) is 55.5 Å². The lowest BCUT2D eigenvalue weighted by Gasteiger charge is -2.13. The molecule has 4 rings (SSSR count). The van der Waals surface area contributed by atoms with Crippen LogP contribution in [-0.2, 0) is 10.0 Å². The van der Waals surface area contributed by atoms with E-state index in [9.17, 15) is 8.42 Å². The Kier molecular flexibility index (Phi) is 4.79. The number of rotatable bonds is 6. The third kappa shape index (κ3) is 3.97. The van der Waals surface area contributed by atoms with Crippen LogP contribution in [0.1, 0.15) is 29.7 Å². The van der Waals surface area contributed by atoms with Gasteiger partial charge in [-0.15, -0.1) is 0 Å². The molecule has 1 aliphatic rings. The molecule has 2 heterocycles. The number of nitrogen functional groups attached to an aromatic ring is 1. The number of nitrogens with one attached hydrogen (secondary N) is 1. The van der Waals surface area contributed by atoms with Crippen LogP contribution in [-0.4, -0.2) is 28.6 Å². The Morgan fingerprint density at radius 1 is 1.24 bits per heavy atom. The van der Waals surface area contributed by atoms with Gasteiger partial charge in [-0.05, 0) is 43.5 Å². The van der Waals surface area contributed by atoms with Gasteiger partial charge in [-0.25, -0.2) is 18.4 Å². The van der Waals surface area contributed by atoms with E-state index in [1.807, 2.05) is 25.1 Å². The van der Waals surface area contributed by atoms with Crippen molar-refractivity contribution in [2.24, 2.45) is 0 Å². The molecule has 0 bridgehead atoms. The maximum atomic E-state index is 12.3. The zero-order valence-electron chi connectivity index (χ0n) is 16.0. The number of hydrogen-bond acceptors (Lipinski definition) is 6. The number of nitrogens with zero attached hydrogens (tertiary/aromatic N) is 3. The maximum Gasteiger partial charge on any atom is 0.235 e. The smallest absolute Gasteiger partial charge is 0.235 e. The molecule has 8 heteroatoms. The summed E-state index contributed by atoms with van der Waals surface area (Å²) in [5, 5.41) is -0.294. The molecule has 3 N–H and O–H groups in total. The van der Waals surface area contributed by atoms with Gasteiger partial charge in [-0.1, -0.05) is 18.7 Å². The molecular formula is C21H21N5O2S. The van der Waals surface area contributed by atoms with Gasteiger partial charge in [0, 0.05) is 34.8 Å². The van der Waals surface area contributed by atoms with E-state index in [0.717, 1.165) is 16.7 Å². The molecule has 0 unspecified atom stereocenters. The summed E-state index contributed by atoms with van der Waals surface area (Å²) in [6.45, 7) is 6.02. The second-order valence-electron chi connectivity index (χ2n) is 7.09. The van der Waals surface area contributed by atoms with Crippen LogP contribution in [0.3, 0.4) is 0 Å². The fourth-order valence-corrected chi connectivity index (χ4v) is 4.39. The number of hydrogen-bond donors (Lipinski definition) is 2. The summed E-state index contributed by atoms with van der Waals surface area (Å²) < 4.78 is 27.2. The van der Waals surface area contributed by atoms with E-state index in [1.165, 1.54) is 0 Å². The number of anilines is 2. The van der Waals surface area contributed by atoms with Crippen molar-refractivity contribution in [2.45, 2.75) is 25.0 Å². The predicted molar refractivity (Wildman–Crippen MR) is 115 cm³/mol. The lowest BCUT2D eigenvalue weighted by molar-refractivity contribution is 0.600. The molecule has 1 fully saturated rings. The number of nitrogens with two attached hydrogens (primary N) is 1. The number of pyridine rings is 1. The van der Waals surface area contributed by atoms with Crippen LogP contribution in [0.5, 0.6) is 0 Å². The molecule has 0 atom stereocenters. The monoisotopic (exact) mass is 407 g/mol. The highest BCUT2D eigenvalue weighted by Crippen LogP contribution is 2.32. The van der Waals surface area contributed by atoms with Gasteiger partial charge in [0.15, 0.2) is 0 Å². The van der Waals surface area contributed by atoms with Gasteiger partial charge in [0.2, 0.25) is 10.0 Å². The molecular weight excluding hydrogens is 386 g/mol. The summed E-state index contributed by atoms with van der Waals surface area (Å²) in [6, 6.07) is 9.06. The van der Waals surface area contributed by atoms with Crippen LogP contribution in [0.2, 0.25) is 0 Å².